The zero-order valence-corrected chi connectivity index (χ0v) is 20.3. The summed E-state index contributed by atoms with van der Waals surface area (Å²) in [6.45, 7) is 1.13. The number of carboxylic acid groups (broad SMARTS) is 1. The number of halogens is 2. The summed E-state index contributed by atoms with van der Waals surface area (Å²) in [5, 5.41) is 13.3. The second-order valence-corrected chi connectivity index (χ2v) is 10.4. The van der Waals surface area contributed by atoms with Crippen LogP contribution in [-0.4, -0.2) is 59.3 Å². The van der Waals surface area contributed by atoms with E-state index in [0.717, 1.165) is 11.2 Å². The number of carbonyl (C=O) groups excluding carboxylic acids is 2. The normalized spacial score (nSPS) is 19.4. The third kappa shape index (κ3) is 5.60. The minimum atomic E-state index is -4.05. The average Bonchev–Trinajstić information content (AvgIpc) is 3.06. The van der Waals surface area contributed by atoms with Crippen LogP contribution in [0.2, 0.25) is 10.0 Å². The third-order valence-corrected chi connectivity index (χ3v) is 8.08. The summed E-state index contributed by atoms with van der Waals surface area (Å²) >= 11 is 12.3. The van der Waals surface area contributed by atoms with Gasteiger partial charge in [-0.25, -0.2) is 4.72 Å². The van der Waals surface area contributed by atoms with Crippen molar-refractivity contribution in [2.75, 3.05) is 13.1 Å². The highest BCUT2D eigenvalue weighted by atomic mass is 35.5. The fourth-order valence-corrected chi connectivity index (χ4v) is 5.67. The fraction of sp³-hybridized carbons (Fsp3) is 0.450. The van der Waals surface area contributed by atoms with Crippen LogP contribution in [0.5, 0.6) is 0 Å². The molecule has 2 unspecified atom stereocenters. The summed E-state index contributed by atoms with van der Waals surface area (Å²) in [6.07, 6.45) is 0.224. The number of aryl methyl sites for hydroxylation is 1. The Balaban J connectivity index is 1.82. The van der Waals surface area contributed by atoms with Gasteiger partial charge in [0.25, 0.3) is 5.91 Å². The van der Waals surface area contributed by atoms with E-state index in [-0.39, 0.29) is 32.4 Å². The van der Waals surface area contributed by atoms with Gasteiger partial charge >= 0.3 is 16.2 Å². The average molecular weight is 519 g/mol. The topological polar surface area (TPSA) is 138 Å². The van der Waals surface area contributed by atoms with E-state index >= 15 is 0 Å². The molecule has 180 valence electrons. The first-order valence-corrected chi connectivity index (χ1v) is 12.3. The molecule has 2 atom stereocenters. The maximum absolute atomic E-state index is 13.1. The number of fused-ring (bicyclic) bond motifs is 1. The second kappa shape index (κ2) is 9.88. The van der Waals surface area contributed by atoms with Crippen molar-refractivity contribution in [2.45, 2.75) is 32.2 Å². The Morgan fingerprint density at radius 2 is 1.94 bits per heavy atom. The van der Waals surface area contributed by atoms with Crippen molar-refractivity contribution >= 4 is 62.1 Å². The van der Waals surface area contributed by atoms with Crippen LogP contribution in [0.1, 0.15) is 36.7 Å². The van der Waals surface area contributed by atoms with E-state index in [1.54, 1.807) is 29.8 Å². The largest absolute Gasteiger partial charge is 0.481 e. The number of carboxylic acids is 1. The van der Waals surface area contributed by atoms with Crippen LogP contribution < -0.4 is 10.0 Å². The van der Waals surface area contributed by atoms with E-state index < -0.39 is 40.0 Å². The summed E-state index contributed by atoms with van der Waals surface area (Å²) in [4.78, 5) is 35.5. The summed E-state index contributed by atoms with van der Waals surface area (Å²) < 4.78 is 29.5. The van der Waals surface area contributed by atoms with Crippen molar-refractivity contribution in [3.8, 4) is 0 Å². The number of aromatic nitrogens is 1. The number of nitrogens with one attached hydrogen (secondary N) is 2. The first kappa shape index (κ1) is 25.3. The zero-order chi connectivity index (χ0) is 24.5. The van der Waals surface area contributed by atoms with Gasteiger partial charge in [-0.3, -0.25) is 14.4 Å². The molecule has 3 rings (SSSR count). The fourth-order valence-electron chi connectivity index (χ4n) is 4.06. The summed E-state index contributed by atoms with van der Waals surface area (Å²) in [6, 6.07) is 4.56. The van der Waals surface area contributed by atoms with Crippen LogP contribution >= 0.6 is 23.2 Å². The number of piperidine rings is 1. The maximum atomic E-state index is 13.1. The molecule has 2 aromatic rings. The van der Waals surface area contributed by atoms with Crippen LogP contribution in [0.4, 0.5) is 0 Å². The van der Waals surface area contributed by atoms with Crippen LogP contribution in [-0.2, 0) is 26.8 Å². The molecular formula is C20H24Cl2N4O6S. The number of benzene rings is 1. The molecule has 0 aliphatic carbocycles. The summed E-state index contributed by atoms with van der Waals surface area (Å²) in [5.74, 6) is -2.61. The Labute approximate surface area is 201 Å². The molecule has 0 saturated carbocycles. The van der Waals surface area contributed by atoms with E-state index in [1.165, 1.54) is 0 Å². The van der Waals surface area contributed by atoms with Crippen molar-refractivity contribution in [3.63, 3.8) is 0 Å². The smallest absolute Gasteiger partial charge is 0.303 e. The molecule has 0 spiro atoms. The molecule has 0 radical (unpaired) electrons. The lowest BCUT2D eigenvalue weighted by Gasteiger charge is -2.38. The van der Waals surface area contributed by atoms with Gasteiger partial charge in [0.15, 0.2) is 0 Å². The van der Waals surface area contributed by atoms with E-state index in [2.05, 4.69) is 5.32 Å². The Morgan fingerprint density at radius 1 is 1.24 bits per heavy atom. The van der Waals surface area contributed by atoms with Gasteiger partial charge in [-0.1, -0.05) is 23.2 Å². The predicted molar refractivity (Wildman–Crippen MR) is 123 cm³/mol. The van der Waals surface area contributed by atoms with Gasteiger partial charge in [0.2, 0.25) is 5.91 Å². The van der Waals surface area contributed by atoms with Crippen molar-refractivity contribution in [1.82, 2.24) is 18.9 Å². The Hall–Kier alpha value is -2.34. The lowest BCUT2D eigenvalue weighted by atomic mass is 9.89. The number of carbonyl (C=O) groups is 3. The molecule has 1 aliphatic rings. The first-order chi connectivity index (χ1) is 15.4. The number of nitrogens with zero attached hydrogens (tertiary/aromatic N) is 2. The van der Waals surface area contributed by atoms with Gasteiger partial charge in [-0.15, -0.1) is 0 Å². The number of amides is 2. The van der Waals surface area contributed by atoms with Crippen molar-refractivity contribution < 1.29 is 27.9 Å². The molecule has 1 saturated heterocycles. The summed E-state index contributed by atoms with van der Waals surface area (Å²) in [5.41, 5.74) is 1.05. The highest BCUT2D eigenvalue weighted by Crippen LogP contribution is 2.33. The molecule has 13 heteroatoms. The third-order valence-electron chi connectivity index (χ3n) is 5.70. The summed E-state index contributed by atoms with van der Waals surface area (Å²) in [7, 11) is -2.33. The van der Waals surface area contributed by atoms with Crippen LogP contribution in [0.25, 0.3) is 10.9 Å². The van der Waals surface area contributed by atoms with E-state index in [9.17, 15) is 22.8 Å². The standard InChI is InChI=1S/C20H24Cl2N4O6S/c1-11(27)24-33(31,32)26-8-7-15(12(10-26)3-6-18(28)29)23-20(30)17-9-13-16(25(17)2)5-4-14(21)19(13)22/h4-5,9,12,15H,3,6-8,10H2,1-2H3,(H,23,30)(H,24,27)(H,28,29). The minimum absolute atomic E-state index is 0.0304. The van der Waals surface area contributed by atoms with Crippen LogP contribution in [0, 0.1) is 5.92 Å². The number of hydrogen-bond acceptors (Lipinski definition) is 5. The van der Waals surface area contributed by atoms with Crippen molar-refractivity contribution in [1.29, 1.82) is 0 Å². The molecule has 10 nitrogen and oxygen atoms in total. The van der Waals surface area contributed by atoms with Gasteiger partial charge in [0.05, 0.1) is 10.0 Å². The highest BCUT2D eigenvalue weighted by Gasteiger charge is 2.36. The maximum Gasteiger partial charge on any atom is 0.303 e. The molecule has 33 heavy (non-hydrogen) atoms. The molecular weight excluding hydrogens is 495 g/mol. The molecule has 2 amide bonds. The zero-order valence-electron chi connectivity index (χ0n) is 18.0. The Kier molecular flexibility index (Phi) is 7.57. The quantitative estimate of drug-likeness (QED) is 0.513. The van der Waals surface area contributed by atoms with E-state index in [1.807, 2.05) is 4.72 Å². The van der Waals surface area contributed by atoms with Crippen LogP contribution in [0.15, 0.2) is 18.2 Å². The lowest BCUT2D eigenvalue weighted by Crippen LogP contribution is -2.55. The van der Waals surface area contributed by atoms with Gasteiger partial charge in [-0.2, -0.15) is 12.7 Å². The van der Waals surface area contributed by atoms with Crippen LogP contribution in [0.3, 0.4) is 0 Å². The molecule has 1 aromatic carbocycles. The minimum Gasteiger partial charge on any atom is -0.481 e. The Morgan fingerprint density at radius 3 is 2.58 bits per heavy atom. The SMILES string of the molecule is CC(=O)NS(=O)(=O)N1CCC(NC(=O)c2cc3c(Cl)c(Cl)ccc3n2C)C(CCC(=O)O)C1. The molecule has 3 N–H and O–H groups in total. The molecule has 2 heterocycles. The van der Waals surface area contributed by atoms with Gasteiger partial charge in [-0.05, 0) is 37.0 Å². The molecule has 1 aliphatic heterocycles. The first-order valence-electron chi connectivity index (χ1n) is 10.1. The molecule has 1 fully saturated rings. The Bertz CT molecular complexity index is 1210. The van der Waals surface area contributed by atoms with E-state index in [4.69, 9.17) is 28.3 Å². The van der Waals surface area contributed by atoms with Crippen molar-refractivity contribution in [3.05, 3.63) is 33.9 Å². The van der Waals surface area contributed by atoms with Gasteiger partial charge in [0.1, 0.15) is 5.69 Å². The molecule has 1 aromatic heterocycles. The van der Waals surface area contributed by atoms with Gasteiger partial charge < -0.3 is 15.0 Å². The number of aliphatic carboxylic acids is 1. The predicted octanol–water partition coefficient (Wildman–Crippen LogP) is 2.15. The molecule has 0 bridgehead atoms. The monoisotopic (exact) mass is 518 g/mol. The number of hydrogen-bond donors (Lipinski definition) is 3. The highest BCUT2D eigenvalue weighted by molar-refractivity contribution is 7.87. The number of rotatable bonds is 7. The second-order valence-electron chi connectivity index (χ2n) is 7.97. The van der Waals surface area contributed by atoms with Crippen molar-refractivity contribution in [2.24, 2.45) is 13.0 Å². The van der Waals surface area contributed by atoms with E-state index in [0.29, 0.717) is 26.6 Å². The van der Waals surface area contributed by atoms with Gasteiger partial charge in [0, 0.05) is 50.4 Å². The lowest BCUT2D eigenvalue weighted by molar-refractivity contribution is -0.137.